The van der Waals surface area contributed by atoms with Gasteiger partial charge < -0.3 is 15.2 Å². The molecule has 0 aliphatic rings. The van der Waals surface area contributed by atoms with Crippen LogP contribution in [-0.4, -0.2) is 45.9 Å². The van der Waals surface area contributed by atoms with Crippen molar-refractivity contribution in [2.45, 2.75) is 33.2 Å². The van der Waals surface area contributed by atoms with Gasteiger partial charge in [0.05, 0.1) is 28.3 Å². The van der Waals surface area contributed by atoms with Crippen molar-refractivity contribution in [3.63, 3.8) is 0 Å². The summed E-state index contributed by atoms with van der Waals surface area (Å²) in [6.07, 6.45) is 1.85. The molecule has 8 heteroatoms. The minimum absolute atomic E-state index is 0. The Morgan fingerprint density at radius 1 is 1.30 bits per heavy atom. The predicted molar refractivity (Wildman–Crippen MR) is 124 cm³/mol. The fourth-order valence-electron chi connectivity index (χ4n) is 2.82. The van der Waals surface area contributed by atoms with E-state index in [1.165, 1.54) is 0 Å². The molecule has 3 aromatic rings. The van der Waals surface area contributed by atoms with Crippen molar-refractivity contribution in [2.75, 3.05) is 20.1 Å². The Kier molecular flexibility index (Phi) is 8.49. The van der Waals surface area contributed by atoms with Gasteiger partial charge in [0.25, 0.3) is 0 Å². The molecule has 0 atom stereocenters. The second-order valence-corrected chi connectivity index (χ2v) is 7.32. The number of aromatic nitrogens is 3. The van der Waals surface area contributed by atoms with E-state index in [9.17, 15) is 0 Å². The molecule has 2 aromatic heterocycles. The van der Waals surface area contributed by atoms with E-state index in [0.717, 1.165) is 66.0 Å². The van der Waals surface area contributed by atoms with Gasteiger partial charge in [-0.2, -0.15) is 0 Å². The lowest BCUT2D eigenvalue weighted by Gasteiger charge is -2.21. The molecular formula is C19H27IN6S. The standard InChI is InChI=1S/C19H26N6S.HI/c1-4-20-19(25(3)12-15-13-26-14(2)22-15)21-11-7-10-18-23-16-8-5-6-9-17(16)24-18;/h5-6,8-9,13H,4,7,10-12H2,1-3H3,(H,20,21)(H,23,24);1H. The van der Waals surface area contributed by atoms with Gasteiger partial charge in [-0.3, -0.25) is 4.99 Å². The van der Waals surface area contributed by atoms with E-state index < -0.39 is 0 Å². The van der Waals surface area contributed by atoms with Crippen molar-refractivity contribution in [1.82, 2.24) is 25.2 Å². The Morgan fingerprint density at radius 3 is 2.81 bits per heavy atom. The van der Waals surface area contributed by atoms with Gasteiger partial charge >= 0.3 is 0 Å². The number of para-hydroxylation sites is 2. The first-order valence-corrected chi connectivity index (χ1v) is 9.87. The Balaban J connectivity index is 0.00000261. The molecule has 0 radical (unpaired) electrons. The molecule has 0 unspecified atom stereocenters. The average Bonchev–Trinajstić information content (AvgIpc) is 3.23. The molecule has 27 heavy (non-hydrogen) atoms. The van der Waals surface area contributed by atoms with E-state index >= 15 is 0 Å². The van der Waals surface area contributed by atoms with Crippen LogP contribution in [0.2, 0.25) is 0 Å². The van der Waals surface area contributed by atoms with E-state index in [-0.39, 0.29) is 24.0 Å². The Labute approximate surface area is 181 Å². The van der Waals surface area contributed by atoms with Crippen LogP contribution in [0.1, 0.15) is 29.9 Å². The predicted octanol–water partition coefficient (Wildman–Crippen LogP) is 3.98. The lowest BCUT2D eigenvalue weighted by Crippen LogP contribution is -2.38. The molecule has 0 saturated heterocycles. The zero-order valence-electron chi connectivity index (χ0n) is 16.0. The van der Waals surface area contributed by atoms with Gasteiger partial charge in [-0.25, -0.2) is 9.97 Å². The number of thiazole rings is 1. The zero-order valence-corrected chi connectivity index (χ0v) is 19.2. The van der Waals surface area contributed by atoms with E-state index in [2.05, 4.69) is 50.6 Å². The third-order valence-corrected chi connectivity index (χ3v) is 4.86. The number of benzene rings is 1. The summed E-state index contributed by atoms with van der Waals surface area (Å²) in [6, 6.07) is 8.13. The highest BCUT2D eigenvalue weighted by Crippen LogP contribution is 2.12. The summed E-state index contributed by atoms with van der Waals surface area (Å²) in [5.74, 6) is 1.94. The minimum Gasteiger partial charge on any atom is -0.357 e. The number of aryl methyl sites for hydroxylation is 2. The number of nitrogens with zero attached hydrogens (tertiary/aromatic N) is 4. The number of halogens is 1. The summed E-state index contributed by atoms with van der Waals surface area (Å²) in [5.41, 5.74) is 3.21. The lowest BCUT2D eigenvalue weighted by atomic mass is 10.3. The Bertz CT molecular complexity index is 839. The topological polar surface area (TPSA) is 69.2 Å². The first-order valence-electron chi connectivity index (χ1n) is 8.99. The second kappa shape index (κ2) is 10.6. The van der Waals surface area contributed by atoms with Gasteiger partial charge in [-0.05, 0) is 32.4 Å². The number of hydrogen-bond acceptors (Lipinski definition) is 4. The van der Waals surface area contributed by atoms with Gasteiger partial charge in [0.2, 0.25) is 0 Å². The van der Waals surface area contributed by atoms with Gasteiger partial charge in [0.1, 0.15) is 5.82 Å². The largest absolute Gasteiger partial charge is 0.357 e. The van der Waals surface area contributed by atoms with Crippen LogP contribution in [0.5, 0.6) is 0 Å². The van der Waals surface area contributed by atoms with Crippen LogP contribution in [0.15, 0.2) is 34.6 Å². The monoisotopic (exact) mass is 498 g/mol. The molecule has 3 rings (SSSR count). The highest BCUT2D eigenvalue weighted by molar-refractivity contribution is 14.0. The molecule has 0 bridgehead atoms. The summed E-state index contributed by atoms with van der Waals surface area (Å²) in [7, 11) is 2.05. The molecule has 0 fully saturated rings. The van der Waals surface area contributed by atoms with Gasteiger partial charge in [0.15, 0.2) is 5.96 Å². The number of guanidine groups is 1. The fourth-order valence-corrected chi connectivity index (χ4v) is 3.43. The summed E-state index contributed by atoms with van der Waals surface area (Å²) in [6.45, 7) is 6.50. The number of nitrogens with one attached hydrogen (secondary N) is 2. The zero-order chi connectivity index (χ0) is 18.4. The maximum Gasteiger partial charge on any atom is 0.194 e. The molecule has 2 heterocycles. The average molecular weight is 498 g/mol. The van der Waals surface area contributed by atoms with Crippen LogP contribution in [-0.2, 0) is 13.0 Å². The quantitative estimate of drug-likeness (QED) is 0.224. The number of imidazole rings is 1. The van der Waals surface area contributed by atoms with Crippen LogP contribution in [0.25, 0.3) is 11.0 Å². The second-order valence-electron chi connectivity index (χ2n) is 6.25. The van der Waals surface area contributed by atoms with E-state index in [1.54, 1.807) is 11.3 Å². The van der Waals surface area contributed by atoms with Gasteiger partial charge in [0, 0.05) is 31.9 Å². The molecule has 0 saturated carbocycles. The summed E-state index contributed by atoms with van der Waals surface area (Å²) < 4.78 is 0. The smallest absolute Gasteiger partial charge is 0.194 e. The third kappa shape index (κ3) is 6.17. The highest BCUT2D eigenvalue weighted by Gasteiger charge is 2.08. The molecule has 6 nitrogen and oxygen atoms in total. The number of aliphatic imine (C=N–C) groups is 1. The number of rotatable bonds is 7. The normalized spacial score (nSPS) is 11.4. The molecule has 1 aromatic carbocycles. The molecule has 146 valence electrons. The minimum atomic E-state index is 0. The Morgan fingerprint density at radius 2 is 2.11 bits per heavy atom. The van der Waals surface area contributed by atoms with Crippen molar-refractivity contribution in [1.29, 1.82) is 0 Å². The van der Waals surface area contributed by atoms with Crippen molar-refractivity contribution < 1.29 is 0 Å². The highest BCUT2D eigenvalue weighted by atomic mass is 127. The van der Waals surface area contributed by atoms with Gasteiger partial charge in [-0.1, -0.05) is 12.1 Å². The number of aromatic amines is 1. The number of hydrogen-bond donors (Lipinski definition) is 2. The van der Waals surface area contributed by atoms with Crippen molar-refractivity contribution in [3.05, 3.63) is 46.2 Å². The molecule has 0 spiro atoms. The molecule has 2 N–H and O–H groups in total. The SMILES string of the molecule is CCNC(=NCCCc1nc2ccccc2[nH]1)N(C)Cc1csc(C)n1.I. The Hall–Kier alpha value is -1.68. The number of fused-ring (bicyclic) bond motifs is 1. The number of H-pyrrole nitrogens is 1. The lowest BCUT2D eigenvalue weighted by molar-refractivity contribution is 0.470. The van der Waals surface area contributed by atoms with Crippen LogP contribution >= 0.6 is 35.3 Å². The van der Waals surface area contributed by atoms with Crippen molar-refractivity contribution in [2.24, 2.45) is 4.99 Å². The van der Waals surface area contributed by atoms with Crippen molar-refractivity contribution in [3.8, 4) is 0 Å². The van der Waals surface area contributed by atoms with Gasteiger partial charge in [-0.15, -0.1) is 35.3 Å². The van der Waals surface area contributed by atoms with Crippen LogP contribution in [0.4, 0.5) is 0 Å². The summed E-state index contributed by atoms with van der Waals surface area (Å²) >= 11 is 1.68. The fraction of sp³-hybridized carbons (Fsp3) is 0.421. The van der Waals surface area contributed by atoms with E-state index in [0.29, 0.717) is 0 Å². The molecular weight excluding hydrogens is 471 g/mol. The first-order chi connectivity index (χ1) is 12.7. The van der Waals surface area contributed by atoms with Crippen LogP contribution in [0.3, 0.4) is 0 Å². The molecule has 0 aliphatic heterocycles. The maximum absolute atomic E-state index is 4.75. The molecule has 0 aliphatic carbocycles. The molecule has 0 amide bonds. The summed E-state index contributed by atoms with van der Waals surface area (Å²) in [5, 5.41) is 6.56. The first kappa shape index (κ1) is 21.6. The maximum atomic E-state index is 4.75. The van der Waals surface area contributed by atoms with Crippen molar-refractivity contribution >= 4 is 52.3 Å². The van der Waals surface area contributed by atoms with E-state index in [1.807, 2.05) is 25.1 Å². The third-order valence-electron chi connectivity index (χ3n) is 4.03. The van der Waals surface area contributed by atoms with Crippen LogP contribution in [0, 0.1) is 6.92 Å². The van der Waals surface area contributed by atoms with Crippen LogP contribution < -0.4 is 5.32 Å². The van der Waals surface area contributed by atoms with E-state index in [4.69, 9.17) is 4.99 Å². The summed E-state index contributed by atoms with van der Waals surface area (Å²) in [4.78, 5) is 19.4.